The fourth-order valence-corrected chi connectivity index (χ4v) is 6.61. The third-order valence-electron chi connectivity index (χ3n) is 9.26. The highest BCUT2D eigenvalue weighted by Gasteiger charge is 2.44. The summed E-state index contributed by atoms with van der Waals surface area (Å²) in [7, 11) is 1.37. The van der Waals surface area contributed by atoms with E-state index in [1.807, 2.05) is 0 Å². The summed E-state index contributed by atoms with van der Waals surface area (Å²) in [4.78, 5) is 28.8. The molecule has 4 rings (SSSR count). The molecule has 0 aromatic heterocycles. The average molecular weight is 630 g/mol. The number of hydrogen-bond donors (Lipinski definition) is 1. The fourth-order valence-electron chi connectivity index (χ4n) is 6.61. The predicted octanol–water partition coefficient (Wildman–Crippen LogP) is 8.58. The molecule has 2 heterocycles. The number of amides is 3. The summed E-state index contributed by atoms with van der Waals surface area (Å²) in [6.45, 7) is 3.99. The molecule has 0 aliphatic carbocycles. The van der Waals surface area contributed by atoms with Crippen molar-refractivity contribution < 1.29 is 40.3 Å². The Balaban J connectivity index is 1.67. The summed E-state index contributed by atoms with van der Waals surface area (Å²) < 4.78 is 95.4. The minimum Gasteiger partial charge on any atom is -0.356 e. The number of halogens is 7. The van der Waals surface area contributed by atoms with E-state index >= 15 is 0 Å². The molecular weight excluding hydrogens is 591 g/mol. The lowest BCUT2D eigenvalue weighted by Gasteiger charge is -2.49. The van der Waals surface area contributed by atoms with E-state index < -0.39 is 47.4 Å². The second kappa shape index (κ2) is 13.0. The van der Waals surface area contributed by atoms with E-state index in [1.165, 1.54) is 31.0 Å². The zero-order valence-electron chi connectivity index (χ0n) is 25.0. The Kier molecular flexibility index (Phi) is 9.90. The standard InChI is InChI=1S/C32H38F7N3O2/c1-20-15-25(33)8-9-26(20)27-19-30(10-5-4-7-28(43)40-13-6-11-30)12-14-42(27)29(44)41(3)21(2)22-16-23(31(34,35)36)18-24(17-22)32(37,38)39/h8-9,15-18,21,27H,4-7,10-14,19H2,1-3H3,(H,40,43)/t21-,27-,30+/m1/s1. The van der Waals surface area contributed by atoms with Gasteiger partial charge in [0.05, 0.1) is 23.2 Å². The highest BCUT2D eigenvalue weighted by Crippen LogP contribution is 2.49. The Morgan fingerprint density at radius 3 is 2.23 bits per heavy atom. The molecule has 1 N–H and O–H groups in total. The van der Waals surface area contributed by atoms with Crippen LogP contribution in [0.15, 0.2) is 36.4 Å². The van der Waals surface area contributed by atoms with Gasteiger partial charge in [0.1, 0.15) is 5.82 Å². The summed E-state index contributed by atoms with van der Waals surface area (Å²) in [5.41, 5.74) is -1.95. The minimum atomic E-state index is -5.01. The molecule has 0 unspecified atom stereocenters. The zero-order valence-corrected chi connectivity index (χ0v) is 25.0. The molecule has 2 fully saturated rings. The number of likely N-dealkylation sites (tertiary alicyclic amines) is 1. The molecule has 0 saturated carbocycles. The summed E-state index contributed by atoms with van der Waals surface area (Å²) in [5, 5.41) is 2.94. The van der Waals surface area contributed by atoms with E-state index in [0.717, 1.165) is 37.7 Å². The third-order valence-corrected chi connectivity index (χ3v) is 9.26. The number of nitrogens with one attached hydrogen (secondary N) is 1. The number of alkyl halides is 6. The Hall–Kier alpha value is -3.31. The Bertz CT molecular complexity index is 1310. The average Bonchev–Trinajstić information content (AvgIpc) is 2.95. The van der Waals surface area contributed by atoms with Gasteiger partial charge in [-0.15, -0.1) is 0 Å². The number of hydrogen-bond acceptors (Lipinski definition) is 2. The van der Waals surface area contributed by atoms with Gasteiger partial charge in [0.25, 0.3) is 0 Å². The highest BCUT2D eigenvalue weighted by atomic mass is 19.4. The van der Waals surface area contributed by atoms with Crippen LogP contribution in [-0.4, -0.2) is 41.9 Å². The second-order valence-electron chi connectivity index (χ2n) is 12.2. The lowest BCUT2D eigenvalue weighted by molar-refractivity contribution is -0.143. The van der Waals surface area contributed by atoms with Crippen LogP contribution >= 0.6 is 0 Å². The molecule has 2 aromatic rings. The highest BCUT2D eigenvalue weighted by molar-refractivity contribution is 5.76. The van der Waals surface area contributed by atoms with Gasteiger partial charge in [-0.3, -0.25) is 4.79 Å². The van der Waals surface area contributed by atoms with E-state index in [2.05, 4.69) is 5.32 Å². The Morgan fingerprint density at radius 1 is 0.977 bits per heavy atom. The molecule has 3 amide bonds. The van der Waals surface area contributed by atoms with E-state index in [1.54, 1.807) is 17.9 Å². The molecule has 2 aromatic carbocycles. The second-order valence-corrected chi connectivity index (χ2v) is 12.2. The number of rotatable bonds is 3. The van der Waals surface area contributed by atoms with Crippen LogP contribution in [0.1, 0.15) is 98.2 Å². The van der Waals surface area contributed by atoms with Crippen LogP contribution < -0.4 is 5.32 Å². The van der Waals surface area contributed by atoms with E-state index in [-0.39, 0.29) is 23.0 Å². The van der Waals surface area contributed by atoms with Gasteiger partial charge in [0.2, 0.25) is 5.91 Å². The fraction of sp³-hybridized carbons (Fsp3) is 0.562. The molecule has 0 bridgehead atoms. The van der Waals surface area contributed by atoms with Crippen molar-refractivity contribution in [2.75, 3.05) is 20.1 Å². The topological polar surface area (TPSA) is 52.7 Å². The number of piperidine rings is 1. The summed E-state index contributed by atoms with van der Waals surface area (Å²) >= 11 is 0. The maximum absolute atomic E-state index is 14.1. The van der Waals surface area contributed by atoms with Gasteiger partial charge in [-0.25, -0.2) is 9.18 Å². The molecule has 12 heteroatoms. The Morgan fingerprint density at radius 2 is 1.61 bits per heavy atom. The number of aryl methyl sites for hydroxylation is 1. The SMILES string of the molecule is Cc1cc(F)ccc1[C@H]1C[C@]2(CCCCC(=O)NCCC2)CCN1C(=O)N(C)[C@H](C)c1cc(C(F)(F)F)cc(C(F)(F)F)c1. The third kappa shape index (κ3) is 7.66. The van der Waals surface area contributed by atoms with E-state index in [4.69, 9.17) is 0 Å². The first-order chi connectivity index (χ1) is 20.5. The number of carbonyl (C=O) groups is 2. The van der Waals surface area contributed by atoms with Crippen molar-refractivity contribution in [2.45, 2.75) is 89.7 Å². The monoisotopic (exact) mass is 629 g/mol. The van der Waals surface area contributed by atoms with Crippen LogP contribution in [0.3, 0.4) is 0 Å². The van der Waals surface area contributed by atoms with Crippen molar-refractivity contribution >= 4 is 11.9 Å². The van der Waals surface area contributed by atoms with Gasteiger partial charge in [0, 0.05) is 26.6 Å². The smallest absolute Gasteiger partial charge is 0.356 e. The predicted molar refractivity (Wildman–Crippen MR) is 151 cm³/mol. The van der Waals surface area contributed by atoms with Gasteiger partial charge < -0.3 is 15.1 Å². The molecule has 2 aliphatic rings. The van der Waals surface area contributed by atoms with E-state index in [0.29, 0.717) is 50.0 Å². The van der Waals surface area contributed by atoms with Crippen molar-refractivity contribution in [2.24, 2.45) is 5.41 Å². The normalized spacial score (nSPS) is 22.8. The quantitative estimate of drug-likeness (QED) is 0.346. The molecule has 0 radical (unpaired) electrons. The maximum Gasteiger partial charge on any atom is 0.416 e. The van der Waals surface area contributed by atoms with Crippen molar-refractivity contribution in [3.63, 3.8) is 0 Å². The van der Waals surface area contributed by atoms with E-state index in [9.17, 15) is 40.3 Å². The van der Waals surface area contributed by atoms with Crippen LogP contribution in [0.4, 0.5) is 35.5 Å². The van der Waals surface area contributed by atoms with Gasteiger partial charge >= 0.3 is 18.4 Å². The van der Waals surface area contributed by atoms with Crippen LogP contribution in [0.2, 0.25) is 0 Å². The number of urea groups is 1. The molecular formula is C32H38F7N3O2. The van der Waals surface area contributed by atoms with Crippen molar-refractivity contribution in [1.29, 1.82) is 0 Å². The van der Waals surface area contributed by atoms with Crippen molar-refractivity contribution in [3.8, 4) is 0 Å². The summed E-state index contributed by atoms with van der Waals surface area (Å²) in [6, 6.07) is 3.56. The first-order valence-corrected chi connectivity index (χ1v) is 14.9. The van der Waals surface area contributed by atoms with Crippen molar-refractivity contribution in [1.82, 2.24) is 15.1 Å². The molecule has 3 atom stereocenters. The van der Waals surface area contributed by atoms with Crippen LogP contribution in [0.25, 0.3) is 0 Å². The first kappa shape index (κ1) is 33.6. The largest absolute Gasteiger partial charge is 0.416 e. The maximum atomic E-state index is 14.1. The number of carbonyl (C=O) groups excluding carboxylic acids is 2. The molecule has 2 aliphatic heterocycles. The van der Waals surface area contributed by atoms with Crippen LogP contribution in [0.5, 0.6) is 0 Å². The molecule has 1 spiro atoms. The molecule has 5 nitrogen and oxygen atoms in total. The molecule has 44 heavy (non-hydrogen) atoms. The Labute approximate surface area is 252 Å². The van der Waals surface area contributed by atoms with Gasteiger partial charge in [-0.05, 0) is 105 Å². The first-order valence-electron chi connectivity index (χ1n) is 14.9. The van der Waals surface area contributed by atoms with Gasteiger partial charge in [-0.2, -0.15) is 26.3 Å². The van der Waals surface area contributed by atoms with Gasteiger partial charge in [0.15, 0.2) is 0 Å². The number of nitrogens with zero attached hydrogens (tertiary/aromatic N) is 2. The van der Waals surface area contributed by atoms with Crippen molar-refractivity contribution in [3.05, 3.63) is 70.0 Å². The summed E-state index contributed by atoms with van der Waals surface area (Å²) in [6.07, 6.45) is -4.42. The van der Waals surface area contributed by atoms with Crippen LogP contribution in [0, 0.1) is 18.2 Å². The minimum absolute atomic E-state index is 0.0291. The number of benzene rings is 2. The summed E-state index contributed by atoms with van der Waals surface area (Å²) in [5.74, 6) is -0.402. The van der Waals surface area contributed by atoms with Gasteiger partial charge in [-0.1, -0.05) is 12.5 Å². The molecule has 2 saturated heterocycles. The lowest BCUT2D eigenvalue weighted by atomic mass is 9.67. The zero-order chi connectivity index (χ0) is 32.4. The molecule has 242 valence electrons. The lowest BCUT2D eigenvalue weighted by Crippen LogP contribution is -2.50. The van der Waals surface area contributed by atoms with Crippen LogP contribution in [-0.2, 0) is 17.1 Å².